The molecule has 1 aliphatic heterocycles. The van der Waals surface area contributed by atoms with Crippen LogP contribution in [0.4, 0.5) is 0 Å². The third-order valence-electron chi connectivity index (χ3n) is 3.27. The number of nitrogens with one attached hydrogen (secondary N) is 1. The van der Waals surface area contributed by atoms with Gasteiger partial charge in [0.25, 0.3) is 0 Å². The molecule has 0 aliphatic carbocycles. The lowest BCUT2D eigenvalue weighted by molar-refractivity contribution is 0.0904. The Morgan fingerprint density at radius 3 is 2.32 bits per heavy atom. The normalized spacial score (nSPS) is 17.5. The fraction of sp³-hybridized carbons (Fsp3) is 0.923. The molecule has 1 aliphatic rings. The van der Waals surface area contributed by atoms with Crippen LogP contribution in [0.1, 0.15) is 20.8 Å². The summed E-state index contributed by atoms with van der Waals surface area (Å²) in [5.74, 6) is 0.880. The van der Waals surface area contributed by atoms with Crippen molar-refractivity contribution in [2.75, 3.05) is 52.1 Å². The topological polar surface area (TPSA) is 74.2 Å². The number of piperazine rings is 1. The number of nitrogens with zero attached hydrogens (tertiary/aromatic N) is 3. The van der Waals surface area contributed by atoms with Crippen LogP contribution >= 0.6 is 24.0 Å². The second-order valence-electron chi connectivity index (χ2n) is 5.20. The molecule has 0 unspecified atom stereocenters. The summed E-state index contributed by atoms with van der Waals surface area (Å²) in [5.41, 5.74) is 0. The summed E-state index contributed by atoms with van der Waals surface area (Å²) in [6.07, 6.45) is 0.0560. The van der Waals surface area contributed by atoms with Crippen molar-refractivity contribution in [3.63, 3.8) is 0 Å². The van der Waals surface area contributed by atoms with Gasteiger partial charge in [-0.25, -0.2) is 8.42 Å². The van der Waals surface area contributed by atoms with E-state index in [2.05, 4.69) is 15.2 Å². The Labute approximate surface area is 151 Å². The summed E-state index contributed by atoms with van der Waals surface area (Å²) in [7, 11) is -1.49. The van der Waals surface area contributed by atoms with Crippen molar-refractivity contribution in [1.82, 2.24) is 14.5 Å². The van der Waals surface area contributed by atoms with Crippen molar-refractivity contribution in [3.05, 3.63) is 0 Å². The molecule has 7 nitrogen and oxygen atoms in total. The van der Waals surface area contributed by atoms with Crippen molar-refractivity contribution in [2.45, 2.75) is 26.9 Å². The molecule has 0 amide bonds. The van der Waals surface area contributed by atoms with Crippen LogP contribution in [0, 0.1) is 0 Å². The van der Waals surface area contributed by atoms with E-state index in [0.717, 1.165) is 12.5 Å². The minimum atomic E-state index is -3.23. The first kappa shape index (κ1) is 21.9. The van der Waals surface area contributed by atoms with Crippen molar-refractivity contribution in [3.8, 4) is 0 Å². The van der Waals surface area contributed by atoms with Crippen LogP contribution < -0.4 is 5.32 Å². The molecule has 1 rings (SSSR count). The van der Waals surface area contributed by atoms with Gasteiger partial charge in [0.1, 0.15) is 0 Å². The Kier molecular flexibility index (Phi) is 10.5. The smallest absolute Gasteiger partial charge is 0.216 e. The van der Waals surface area contributed by atoms with E-state index < -0.39 is 10.0 Å². The Hall–Kier alpha value is -0.130. The molecule has 9 heteroatoms. The Morgan fingerprint density at radius 1 is 1.27 bits per heavy atom. The van der Waals surface area contributed by atoms with Gasteiger partial charge in [0.15, 0.2) is 5.96 Å². The van der Waals surface area contributed by atoms with Crippen molar-refractivity contribution in [2.24, 2.45) is 4.99 Å². The van der Waals surface area contributed by atoms with Gasteiger partial charge < -0.3 is 15.0 Å². The fourth-order valence-electron chi connectivity index (χ4n) is 2.19. The van der Waals surface area contributed by atoms with Gasteiger partial charge in [-0.15, -0.1) is 24.0 Å². The first-order valence-corrected chi connectivity index (χ1v) is 9.06. The predicted molar refractivity (Wildman–Crippen MR) is 100 cm³/mol. The van der Waals surface area contributed by atoms with Crippen LogP contribution in [-0.4, -0.2) is 81.8 Å². The minimum Gasteiger partial charge on any atom is -0.378 e. The van der Waals surface area contributed by atoms with E-state index in [-0.39, 0.29) is 42.4 Å². The van der Waals surface area contributed by atoms with Gasteiger partial charge in [0.2, 0.25) is 10.0 Å². The number of halogens is 1. The van der Waals surface area contributed by atoms with E-state index in [0.29, 0.717) is 26.2 Å². The lowest BCUT2D eigenvalue weighted by Crippen LogP contribution is -2.54. The maximum Gasteiger partial charge on any atom is 0.216 e. The third kappa shape index (κ3) is 6.97. The second kappa shape index (κ2) is 10.6. The Bertz CT molecular complexity index is 435. The molecule has 1 heterocycles. The van der Waals surface area contributed by atoms with Crippen LogP contribution in [0.2, 0.25) is 0 Å². The van der Waals surface area contributed by atoms with Crippen LogP contribution in [0.15, 0.2) is 4.99 Å². The quantitative estimate of drug-likeness (QED) is 0.366. The fourth-order valence-corrected chi connectivity index (χ4v) is 3.47. The van der Waals surface area contributed by atoms with Crippen LogP contribution in [-0.2, 0) is 14.8 Å². The number of rotatable bonds is 6. The van der Waals surface area contributed by atoms with Gasteiger partial charge in [-0.3, -0.25) is 4.99 Å². The highest BCUT2D eigenvalue weighted by Gasteiger charge is 2.27. The summed E-state index contributed by atoms with van der Waals surface area (Å²) in [6.45, 7) is 9.17. The summed E-state index contributed by atoms with van der Waals surface area (Å²) in [4.78, 5) is 6.28. The highest BCUT2D eigenvalue weighted by molar-refractivity contribution is 14.0. The van der Waals surface area contributed by atoms with Crippen LogP contribution in [0.25, 0.3) is 0 Å². The molecule has 0 aromatic rings. The second-order valence-corrected chi connectivity index (χ2v) is 7.29. The zero-order chi connectivity index (χ0) is 15.9. The van der Waals surface area contributed by atoms with Crippen molar-refractivity contribution < 1.29 is 13.2 Å². The number of aliphatic imine (C=N–C) groups is 1. The first-order valence-electron chi connectivity index (χ1n) is 7.45. The molecule has 0 aromatic carbocycles. The van der Waals surface area contributed by atoms with Gasteiger partial charge in [-0.2, -0.15) is 4.31 Å². The number of sulfonamides is 1. The highest BCUT2D eigenvalue weighted by Crippen LogP contribution is 2.08. The maximum absolute atomic E-state index is 12.2. The largest absolute Gasteiger partial charge is 0.378 e. The molecule has 1 saturated heterocycles. The minimum absolute atomic E-state index is 0. The summed E-state index contributed by atoms with van der Waals surface area (Å²) >= 11 is 0. The van der Waals surface area contributed by atoms with E-state index in [4.69, 9.17) is 4.74 Å². The number of hydrogen-bond donors (Lipinski definition) is 1. The average molecular weight is 448 g/mol. The molecule has 132 valence electrons. The maximum atomic E-state index is 12.2. The van der Waals surface area contributed by atoms with Gasteiger partial charge in [-0.05, 0) is 20.8 Å². The molecule has 0 bridgehead atoms. The van der Waals surface area contributed by atoms with Gasteiger partial charge in [0.05, 0.1) is 18.5 Å². The molecule has 1 fully saturated rings. The molecular weight excluding hydrogens is 419 g/mol. The van der Waals surface area contributed by atoms with E-state index in [1.54, 1.807) is 11.4 Å². The number of guanidine groups is 1. The molecule has 0 spiro atoms. The van der Waals surface area contributed by atoms with Crippen molar-refractivity contribution >= 4 is 40.0 Å². The number of ether oxygens (including phenoxy) is 1. The Balaban J connectivity index is 0.00000441. The zero-order valence-corrected chi connectivity index (χ0v) is 17.1. The van der Waals surface area contributed by atoms with Crippen molar-refractivity contribution in [1.29, 1.82) is 0 Å². The third-order valence-corrected chi connectivity index (χ3v) is 5.11. The summed E-state index contributed by atoms with van der Waals surface area (Å²) in [5, 5.41) is 3.19. The standard InChI is InChI=1S/C13H28N4O3S.HI/c1-5-15-13(14-4)16-6-8-17(9-7-16)21(18,19)11-10-20-12(2)3;/h12H,5-11H2,1-4H3,(H,14,15);1H. The lowest BCUT2D eigenvalue weighted by Gasteiger charge is -2.35. The SMILES string of the molecule is CCNC(=NC)N1CCN(S(=O)(=O)CCOC(C)C)CC1.I. The molecular formula is C13H29IN4O3S. The van der Waals surface area contributed by atoms with Gasteiger partial charge >= 0.3 is 0 Å². The number of hydrogen-bond acceptors (Lipinski definition) is 4. The predicted octanol–water partition coefficient (Wildman–Crippen LogP) is 0.572. The molecule has 1 N–H and O–H groups in total. The average Bonchev–Trinajstić information content (AvgIpc) is 2.44. The zero-order valence-electron chi connectivity index (χ0n) is 13.9. The van der Waals surface area contributed by atoms with Crippen LogP contribution in [0.3, 0.4) is 0 Å². The first-order chi connectivity index (χ1) is 9.90. The monoisotopic (exact) mass is 448 g/mol. The summed E-state index contributed by atoms with van der Waals surface area (Å²) in [6, 6.07) is 0. The summed E-state index contributed by atoms with van der Waals surface area (Å²) < 4.78 is 31.3. The Morgan fingerprint density at radius 2 is 1.86 bits per heavy atom. The van der Waals surface area contributed by atoms with E-state index in [1.165, 1.54) is 0 Å². The van der Waals surface area contributed by atoms with E-state index in [9.17, 15) is 8.42 Å². The lowest BCUT2D eigenvalue weighted by atomic mass is 10.4. The van der Waals surface area contributed by atoms with Gasteiger partial charge in [0, 0.05) is 39.8 Å². The van der Waals surface area contributed by atoms with E-state index >= 15 is 0 Å². The molecule has 0 atom stereocenters. The molecule has 0 saturated carbocycles. The van der Waals surface area contributed by atoms with E-state index in [1.807, 2.05) is 20.8 Å². The van der Waals surface area contributed by atoms with Crippen LogP contribution in [0.5, 0.6) is 0 Å². The molecule has 0 aromatic heterocycles. The molecule has 0 radical (unpaired) electrons. The highest BCUT2D eigenvalue weighted by atomic mass is 127. The molecule has 22 heavy (non-hydrogen) atoms. The van der Waals surface area contributed by atoms with Gasteiger partial charge in [-0.1, -0.05) is 0 Å².